The molecule has 12 aromatic carbocycles. The van der Waals surface area contributed by atoms with Crippen LogP contribution in [0, 0.1) is 0 Å². The Kier molecular flexibility index (Phi) is 11.5. The van der Waals surface area contributed by atoms with Crippen LogP contribution in [0.2, 0.25) is 0 Å². The Hall–Kier alpha value is -11.2. The molecule has 0 unspecified atom stereocenters. The zero-order chi connectivity index (χ0) is 57.8. The van der Waals surface area contributed by atoms with Gasteiger partial charge in [-0.3, -0.25) is 0 Å². The fourth-order valence-corrected chi connectivity index (χ4v) is 15.4. The Bertz CT molecular complexity index is 5750. The predicted molar refractivity (Wildman–Crippen MR) is 365 cm³/mol. The van der Waals surface area contributed by atoms with E-state index in [1.54, 1.807) is 22.7 Å². The third kappa shape index (κ3) is 8.27. The molecular weight excluding hydrogens is 1120 g/mol. The molecule has 9 heteroatoms. The molecule has 18 rings (SSSR count). The minimum absolute atomic E-state index is 0.599. The van der Waals surface area contributed by atoms with E-state index in [0.717, 1.165) is 137 Å². The lowest BCUT2D eigenvalue weighted by molar-refractivity contribution is 0.669. The van der Waals surface area contributed by atoms with Crippen LogP contribution in [-0.4, -0.2) is 24.9 Å². The Morgan fingerprint density at radius 2 is 0.614 bits per heavy atom. The summed E-state index contributed by atoms with van der Waals surface area (Å²) in [6, 6.07) is 95.5. The molecule has 7 nitrogen and oxygen atoms in total. The zero-order valence-electron chi connectivity index (χ0n) is 46.8. The predicted octanol–water partition coefficient (Wildman–Crippen LogP) is 22.2. The average Bonchev–Trinajstić information content (AvgIpc) is 4.28. The van der Waals surface area contributed by atoms with Crippen LogP contribution in [0.25, 0.3) is 186 Å². The first kappa shape index (κ1) is 50.1. The molecule has 88 heavy (non-hydrogen) atoms. The minimum Gasteiger partial charge on any atom is -0.456 e. The normalized spacial score (nSPS) is 11.9. The van der Waals surface area contributed by atoms with E-state index in [2.05, 4.69) is 231 Å². The number of fused-ring (bicyclic) bond motifs is 12. The highest BCUT2D eigenvalue weighted by Crippen LogP contribution is 2.48. The van der Waals surface area contributed by atoms with Gasteiger partial charge >= 0.3 is 0 Å². The number of rotatable bonds is 9. The summed E-state index contributed by atoms with van der Waals surface area (Å²) in [7, 11) is 0. The van der Waals surface area contributed by atoms with Crippen molar-refractivity contribution < 1.29 is 8.83 Å². The lowest BCUT2D eigenvalue weighted by Gasteiger charge is -2.10. The van der Waals surface area contributed by atoms with Crippen molar-refractivity contribution in [2.45, 2.75) is 0 Å². The second kappa shape index (κ2) is 20.2. The van der Waals surface area contributed by atoms with Gasteiger partial charge in [-0.05, 0) is 70.8 Å². The second-order valence-corrected chi connectivity index (χ2v) is 24.2. The monoisotopic (exact) mass is 1160 g/mol. The Morgan fingerprint density at radius 1 is 0.216 bits per heavy atom. The van der Waals surface area contributed by atoms with Crippen molar-refractivity contribution in [3.05, 3.63) is 273 Å². The maximum atomic E-state index is 6.57. The van der Waals surface area contributed by atoms with Crippen LogP contribution in [0.5, 0.6) is 0 Å². The van der Waals surface area contributed by atoms with Crippen molar-refractivity contribution >= 4 is 107 Å². The summed E-state index contributed by atoms with van der Waals surface area (Å²) < 4.78 is 17.8. The van der Waals surface area contributed by atoms with Crippen LogP contribution in [0.4, 0.5) is 0 Å². The highest BCUT2D eigenvalue weighted by molar-refractivity contribution is 7.27. The van der Waals surface area contributed by atoms with E-state index in [1.807, 2.05) is 42.5 Å². The highest BCUT2D eigenvalue weighted by atomic mass is 32.1. The molecule has 0 saturated heterocycles. The van der Waals surface area contributed by atoms with Crippen LogP contribution < -0.4 is 0 Å². The molecule has 0 spiro atoms. The fourth-order valence-electron chi connectivity index (χ4n) is 12.8. The number of aromatic nitrogens is 5. The van der Waals surface area contributed by atoms with Crippen molar-refractivity contribution in [2.75, 3.05) is 0 Å². The van der Waals surface area contributed by atoms with Crippen LogP contribution in [-0.2, 0) is 0 Å². The Balaban J connectivity index is 0.700. The van der Waals surface area contributed by atoms with Gasteiger partial charge in [-0.25, -0.2) is 24.9 Å². The molecule has 0 atom stereocenters. The molecule has 0 fully saturated rings. The Labute approximate surface area is 511 Å². The van der Waals surface area contributed by atoms with Crippen LogP contribution in [0.3, 0.4) is 0 Å². The summed E-state index contributed by atoms with van der Waals surface area (Å²) >= 11 is 3.57. The van der Waals surface area contributed by atoms with E-state index in [4.69, 9.17) is 33.8 Å². The first-order chi connectivity index (χ1) is 43.6. The molecule has 0 amide bonds. The highest BCUT2D eigenvalue weighted by Gasteiger charge is 2.22. The number of para-hydroxylation sites is 2. The molecule has 0 bridgehead atoms. The van der Waals surface area contributed by atoms with Gasteiger partial charge in [0.2, 0.25) is 0 Å². The lowest BCUT2D eigenvalue weighted by Crippen LogP contribution is -2.00. The van der Waals surface area contributed by atoms with Gasteiger partial charge in [-0.2, -0.15) is 0 Å². The van der Waals surface area contributed by atoms with Crippen molar-refractivity contribution in [1.82, 2.24) is 24.9 Å². The summed E-state index contributed by atoms with van der Waals surface area (Å²) in [4.78, 5) is 26.2. The molecule has 0 N–H and O–H groups in total. The van der Waals surface area contributed by atoms with Gasteiger partial charge in [0.05, 0.1) is 11.4 Å². The van der Waals surface area contributed by atoms with Crippen LogP contribution in [0.15, 0.2) is 282 Å². The van der Waals surface area contributed by atoms with Crippen molar-refractivity contribution in [2.24, 2.45) is 0 Å². The molecule has 6 aromatic heterocycles. The smallest absolute Gasteiger partial charge is 0.165 e. The second-order valence-electron chi connectivity index (χ2n) is 22.2. The molecule has 6 heterocycles. The number of nitrogens with zero attached hydrogens (tertiary/aromatic N) is 5. The van der Waals surface area contributed by atoms with Gasteiger partial charge in [0.25, 0.3) is 0 Å². The van der Waals surface area contributed by atoms with Crippen molar-refractivity contribution in [3.63, 3.8) is 0 Å². The molecule has 0 aliphatic rings. The number of hydrogen-bond acceptors (Lipinski definition) is 9. The summed E-state index contributed by atoms with van der Waals surface area (Å²) in [5.41, 5.74) is 17.7. The van der Waals surface area contributed by atoms with E-state index < -0.39 is 0 Å². The van der Waals surface area contributed by atoms with Gasteiger partial charge in [0.15, 0.2) is 23.3 Å². The van der Waals surface area contributed by atoms with Crippen molar-refractivity contribution in [3.8, 4) is 101 Å². The number of thiophene rings is 2. The quantitative estimate of drug-likeness (QED) is 0.142. The first-order valence-corrected chi connectivity index (χ1v) is 30.9. The molecule has 18 aromatic rings. The standard InChI is InChI=1S/C79H45N5O2S2/c1-4-17-47(18-5-1)66-45-67(48-19-6-2-7-20-48)81-78(80-66)62-32-15-30-60-58-28-12-24-53(72(58)87-74(60)62)52-40-42-70-65(44-52)64-43-51(39-41-69(64)85-70)46-35-37-50(38-36-46)77-82-76(49-21-8-3-9-22-49)83-79(84-77)63-33-16-31-61-59-29-14-27-57(73(59)88-75(61)63)56-26-13-25-55-54-23-10-11-34-68(54)86-71(55)56/h1-45H. The number of hydrogen-bond donors (Lipinski definition) is 0. The van der Waals surface area contributed by atoms with Gasteiger partial charge in [-0.1, -0.05) is 224 Å². The fraction of sp³-hybridized carbons (Fsp3) is 0. The number of furan rings is 2. The van der Waals surface area contributed by atoms with Crippen LogP contribution >= 0.6 is 22.7 Å². The molecule has 0 aliphatic heterocycles. The van der Waals surface area contributed by atoms with Gasteiger partial charge in [0.1, 0.15) is 22.3 Å². The summed E-state index contributed by atoms with van der Waals surface area (Å²) in [6.07, 6.45) is 0. The summed E-state index contributed by atoms with van der Waals surface area (Å²) in [6.45, 7) is 0. The van der Waals surface area contributed by atoms with E-state index in [-0.39, 0.29) is 0 Å². The summed E-state index contributed by atoms with van der Waals surface area (Å²) in [5.74, 6) is 2.53. The van der Waals surface area contributed by atoms with Gasteiger partial charge < -0.3 is 8.83 Å². The topological polar surface area (TPSA) is 90.7 Å². The van der Waals surface area contributed by atoms with Crippen molar-refractivity contribution in [1.29, 1.82) is 0 Å². The maximum absolute atomic E-state index is 6.57. The Morgan fingerprint density at radius 3 is 1.22 bits per heavy atom. The molecule has 0 radical (unpaired) electrons. The molecule has 0 saturated carbocycles. The molecular formula is C79H45N5O2S2. The molecule has 0 aliphatic carbocycles. The van der Waals surface area contributed by atoms with E-state index >= 15 is 0 Å². The number of benzene rings is 12. The third-order valence-corrected chi connectivity index (χ3v) is 19.6. The van der Waals surface area contributed by atoms with E-state index in [1.165, 1.54) is 25.6 Å². The third-order valence-electron chi connectivity index (χ3n) is 17.0. The first-order valence-electron chi connectivity index (χ1n) is 29.3. The van der Waals surface area contributed by atoms with E-state index in [0.29, 0.717) is 23.3 Å². The largest absolute Gasteiger partial charge is 0.456 e. The summed E-state index contributed by atoms with van der Waals surface area (Å²) in [5, 5.41) is 9.05. The van der Waals surface area contributed by atoms with Crippen LogP contribution in [0.1, 0.15) is 0 Å². The maximum Gasteiger partial charge on any atom is 0.165 e. The minimum atomic E-state index is 0.599. The van der Waals surface area contributed by atoms with E-state index in [9.17, 15) is 0 Å². The van der Waals surface area contributed by atoms with Gasteiger partial charge in [-0.15, -0.1) is 22.7 Å². The average molecular weight is 1160 g/mol. The SMILES string of the molecule is c1ccc(-c2cc(-c3ccccc3)nc(-c3cccc4c3sc3c(-c5ccc6oc7ccc(-c8ccc(-c9nc(-c%10ccccc%10)nc(-c%10cccc%11c%10sc%10c(-c%12cccc%13c%12oc%12ccccc%12%13)cccc%10%11)n9)cc8)cc7c6c5)cccc34)n2)cc1. The zero-order valence-corrected chi connectivity index (χ0v) is 48.5. The lowest BCUT2D eigenvalue weighted by atomic mass is 9.98. The van der Waals surface area contributed by atoms with Gasteiger partial charge in [0, 0.05) is 106 Å². The molecule has 410 valence electrons.